The van der Waals surface area contributed by atoms with Crippen LogP contribution in [0.4, 0.5) is 9.18 Å². The number of halogens is 1. The third-order valence-electron chi connectivity index (χ3n) is 2.63. The summed E-state index contributed by atoms with van der Waals surface area (Å²) in [4.78, 5) is 12.9. The number of carbonyl (C=O) groups excluding carboxylic acids is 1. The van der Waals surface area contributed by atoms with Crippen molar-refractivity contribution in [1.29, 1.82) is 0 Å². The van der Waals surface area contributed by atoms with Crippen LogP contribution in [0.25, 0.3) is 0 Å². The third-order valence-corrected chi connectivity index (χ3v) is 4.03. The van der Waals surface area contributed by atoms with Gasteiger partial charge in [0.05, 0.1) is 13.1 Å². The molecule has 2 fully saturated rings. The van der Waals surface area contributed by atoms with E-state index in [1.54, 1.807) is 0 Å². The number of likely N-dealkylation sites (tertiary alicyclic amines) is 1. The van der Waals surface area contributed by atoms with Gasteiger partial charge in [-0.3, -0.25) is 0 Å². The summed E-state index contributed by atoms with van der Waals surface area (Å²) in [7, 11) is 0. The number of alkyl halides is 1. The second kappa shape index (κ2) is 4.38. The summed E-state index contributed by atoms with van der Waals surface area (Å²) in [6.07, 6.45) is 1.64. The van der Waals surface area contributed by atoms with Gasteiger partial charge in [0.2, 0.25) is 0 Å². The number of amides is 2. The van der Waals surface area contributed by atoms with Gasteiger partial charge in [0.15, 0.2) is 0 Å². The Morgan fingerprint density at radius 2 is 2.36 bits per heavy atom. The van der Waals surface area contributed by atoms with E-state index in [2.05, 4.69) is 5.32 Å². The summed E-state index contributed by atoms with van der Waals surface area (Å²) in [5.74, 6) is 1.21. The minimum atomic E-state index is -0.804. The Labute approximate surface area is 87.4 Å². The Balaban J connectivity index is 1.62. The van der Waals surface area contributed by atoms with Crippen LogP contribution in [-0.2, 0) is 0 Å². The number of hydrogen-bond acceptors (Lipinski definition) is 2. The van der Waals surface area contributed by atoms with Crippen molar-refractivity contribution in [3.63, 3.8) is 0 Å². The van der Waals surface area contributed by atoms with Gasteiger partial charge in [0, 0.05) is 11.8 Å². The molecule has 0 aliphatic carbocycles. The van der Waals surface area contributed by atoms with Crippen molar-refractivity contribution in [2.24, 2.45) is 0 Å². The third kappa shape index (κ3) is 2.32. The van der Waals surface area contributed by atoms with E-state index >= 15 is 0 Å². The molecule has 2 amide bonds. The van der Waals surface area contributed by atoms with E-state index in [9.17, 15) is 9.18 Å². The number of rotatable bonds is 2. The standard InChI is InChI=1S/C9H15FN2OS/c10-7-5-12(6-7)9(13)11-4-8-2-1-3-14-8/h7-8H,1-6H2,(H,11,13). The molecule has 1 atom stereocenters. The van der Waals surface area contributed by atoms with Crippen LogP contribution in [0.3, 0.4) is 0 Å². The SMILES string of the molecule is O=C(NCC1CCCS1)N1CC(F)C1. The van der Waals surface area contributed by atoms with Gasteiger partial charge in [0.1, 0.15) is 6.17 Å². The first-order chi connectivity index (χ1) is 6.75. The van der Waals surface area contributed by atoms with Gasteiger partial charge >= 0.3 is 6.03 Å². The molecular formula is C9H15FN2OS. The molecule has 0 saturated carbocycles. The molecule has 2 aliphatic heterocycles. The molecule has 0 radical (unpaired) electrons. The van der Waals surface area contributed by atoms with Crippen molar-refractivity contribution < 1.29 is 9.18 Å². The molecule has 80 valence electrons. The van der Waals surface area contributed by atoms with Gasteiger partial charge in [-0.05, 0) is 18.6 Å². The number of carbonyl (C=O) groups is 1. The van der Waals surface area contributed by atoms with Crippen LogP contribution in [0.15, 0.2) is 0 Å². The first-order valence-corrected chi connectivity index (χ1v) is 6.09. The average Bonchev–Trinajstić information content (AvgIpc) is 2.61. The lowest BCUT2D eigenvalue weighted by atomic mass is 10.2. The predicted octanol–water partition coefficient (Wildman–Crippen LogP) is 1.25. The molecule has 0 spiro atoms. The maximum absolute atomic E-state index is 12.4. The molecule has 0 aromatic rings. The number of hydrogen-bond donors (Lipinski definition) is 1. The molecule has 1 N–H and O–H groups in total. The van der Waals surface area contributed by atoms with Crippen LogP contribution >= 0.6 is 11.8 Å². The summed E-state index contributed by atoms with van der Waals surface area (Å²) >= 11 is 1.91. The van der Waals surface area contributed by atoms with Crippen molar-refractivity contribution in [2.45, 2.75) is 24.3 Å². The highest BCUT2D eigenvalue weighted by molar-refractivity contribution is 8.00. The first kappa shape index (κ1) is 10.1. The van der Waals surface area contributed by atoms with Crippen LogP contribution < -0.4 is 5.32 Å². The van der Waals surface area contributed by atoms with Crippen LogP contribution in [0.2, 0.25) is 0 Å². The highest BCUT2D eigenvalue weighted by Gasteiger charge is 2.30. The lowest BCUT2D eigenvalue weighted by molar-refractivity contribution is 0.0900. The normalized spacial score (nSPS) is 27.5. The van der Waals surface area contributed by atoms with Gasteiger partial charge in [-0.2, -0.15) is 11.8 Å². The van der Waals surface area contributed by atoms with Crippen molar-refractivity contribution in [3.8, 4) is 0 Å². The van der Waals surface area contributed by atoms with Crippen LogP contribution in [-0.4, -0.2) is 47.7 Å². The van der Waals surface area contributed by atoms with Crippen molar-refractivity contribution >= 4 is 17.8 Å². The molecule has 5 heteroatoms. The molecule has 14 heavy (non-hydrogen) atoms. The van der Waals surface area contributed by atoms with Gasteiger partial charge < -0.3 is 10.2 Å². The second-order valence-electron chi connectivity index (χ2n) is 3.82. The Morgan fingerprint density at radius 3 is 2.93 bits per heavy atom. The van der Waals surface area contributed by atoms with Crippen molar-refractivity contribution in [3.05, 3.63) is 0 Å². The minimum Gasteiger partial charge on any atom is -0.337 e. The van der Waals surface area contributed by atoms with E-state index in [0.717, 1.165) is 6.54 Å². The highest BCUT2D eigenvalue weighted by Crippen LogP contribution is 2.25. The fourth-order valence-electron chi connectivity index (χ4n) is 1.71. The maximum Gasteiger partial charge on any atom is 0.317 e. The van der Waals surface area contributed by atoms with Crippen LogP contribution in [0.1, 0.15) is 12.8 Å². The molecular weight excluding hydrogens is 203 g/mol. The highest BCUT2D eigenvalue weighted by atomic mass is 32.2. The fourth-order valence-corrected chi connectivity index (χ4v) is 2.91. The van der Waals surface area contributed by atoms with E-state index < -0.39 is 6.17 Å². The number of nitrogens with one attached hydrogen (secondary N) is 1. The number of thioether (sulfide) groups is 1. The molecule has 0 bridgehead atoms. The molecule has 2 heterocycles. The molecule has 3 nitrogen and oxygen atoms in total. The quantitative estimate of drug-likeness (QED) is 0.756. The molecule has 1 unspecified atom stereocenters. The Kier molecular flexibility index (Phi) is 3.15. The van der Waals surface area contributed by atoms with Crippen LogP contribution in [0, 0.1) is 0 Å². The Hall–Kier alpha value is -0.450. The molecule has 2 aliphatic rings. The smallest absolute Gasteiger partial charge is 0.317 e. The van der Waals surface area contributed by atoms with Gasteiger partial charge in [-0.15, -0.1) is 0 Å². The predicted molar refractivity (Wildman–Crippen MR) is 55.3 cm³/mol. The largest absolute Gasteiger partial charge is 0.337 e. The van der Waals surface area contributed by atoms with Crippen molar-refractivity contribution in [1.82, 2.24) is 10.2 Å². The lowest BCUT2D eigenvalue weighted by Crippen LogP contribution is -2.55. The second-order valence-corrected chi connectivity index (χ2v) is 5.23. The first-order valence-electron chi connectivity index (χ1n) is 5.04. The lowest BCUT2D eigenvalue weighted by Gasteiger charge is -2.34. The summed E-state index contributed by atoms with van der Waals surface area (Å²) in [6.45, 7) is 1.27. The molecule has 2 rings (SSSR count). The summed E-state index contributed by atoms with van der Waals surface area (Å²) in [6, 6.07) is -0.105. The van der Waals surface area contributed by atoms with E-state index in [-0.39, 0.29) is 19.1 Å². The summed E-state index contributed by atoms with van der Waals surface area (Å²) in [5.41, 5.74) is 0. The van der Waals surface area contributed by atoms with Gasteiger partial charge in [0.25, 0.3) is 0 Å². The van der Waals surface area contributed by atoms with E-state index in [0.29, 0.717) is 5.25 Å². The van der Waals surface area contributed by atoms with Crippen molar-refractivity contribution in [2.75, 3.05) is 25.4 Å². The summed E-state index contributed by atoms with van der Waals surface area (Å²) in [5, 5.41) is 3.42. The molecule has 0 aromatic heterocycles. The van der Waals surface area contributed by atoms with E-state index in [1.807, 2.05) is 11.8 Å². The zero-order valence-electron chi connectivity index (χ0n) is 8.04. The number of urea groups is 1. The Bertz CT molecular complexity index is 215. The monoisotopic (exact) mass is 218 g/mol. The number of nitrogens with zero attached hydrogens (tertiary/aromatic N) is 1. The molecule has 2 saturated heterocycles. The maximum atomic E-state index is 12.4. The fraction of sp³-hybridized carbons (Fsp3) is 0.889. The van der Waals surface area contributed by atoms with Crippen LogP contribution in [0.5, 0.6) is 0 Å². The molecule has 0 aromatic carbocycles. The van der Waals surface area contributed by atoms with E-state index in [4.69, 9.17) is 0 Å². The van der Waals surface area contributed by atoms with E-state index in [1.165, 1.54) is 23.5 Å². The zero-order chi connectivity index (χ0) is 9.97. The summed E-state index contributed by atoms with van der Waals surface area (Å²) < 4.78 is 12.4. The van der Waals surface area contributed by atoms with Gasteiger partial charge in [-0.25, -0.2) is 9.18 Å². The minimum absolute atomic E-state index is 0.105. The Morgan fingerprint density at radius 1 is 1.57 bits per heavy atom. The topological polar surface area (TPSA) is 32.3 Å². The zero-order valence-corrected chi connectivity index (χ0v) is 8.86. The van der Waals surface area contributed by atoms with Gasteiger partial charge in [-0.1, -0.05) is 0 Å². The average molecular weight is 218 g/mol.